The van der Waals surface area contributed by atoms with Crippen molar-refractivity contribution in [2.75, 3.05) is 13.1 Å². The van der Waals surface area contributed by atoms with Gasteiger partial charge in [-0.05, 0) is 46.5 Å². The van der Waals surface area contributed by atoms with Crippen molar-refractivity contribution in [3.8, 4) is 0 Å². The van der Waals surface area contributed by atoms with Crippen LogP contribution in [0, 0.1) is 0 Å². The van der Waals surface area contributed by atoms with Gasteiger partial charge in [-0.15, -0.1) is 0 Å². The van der Waals surface area contributed by atoms with E-state index in [4.69, 9.17) is 0 Å². The summed E-state index contributed by atoms with van der Waals surface area (Å²) in [6, 6.07) is -0.508. The molecule has 0 saturated carbocycles. The number of imide groups is 1. The van der Waals surface area contributed by atoms with Gasteiger partial charge in [-0.2, -0.15) is 0 Å². The van der Waals surface area contributed by atoms with Crippen LogP contribution in [-0.2, 0) is 4.79 Å². The van der Waals surface area contributed by atoms with E-state index < -0.39 is 6.03 Å². The van der Waals surface area contributed by atoms with Crippen LogP contribution in [0.1, 0.15) is 52.9 Å². The van der Waals surface area contributed by atoms with Gasteiger partial charge in [0.05, 0.1) is 13.1 Å². The first-order chi connectivity index (χ1) is 9.00. The molecule has 0 aliphatic carbocycles. The lowest BCUT2D eigenvalue weighted by Crippen LogP contribution is -3.16. The SMILES string of the molecule is CC(C)NC(=O)NC(=O)[C@@H](C)[NH+]1CCCCCCC1. The monoisotopic (exact) mass is 270 g/mol. The van der Waals surface area contributed by atoms with Crippen LogP contribution in [0.25, 0.3) is 0 Å². The highest BCUT2D eigenvalue weighted by Gasteiger charge is 2.26. The summed E-state index contributed by atoms with van der Waals surface area (Å²) in [6.07, 6.45) is 6.16. The molecule has 1 rings (SSSR count). The maximum atomic E-state index is 12.0. The van der Waals surface area contributed by atoms with Crippen LogP contribution in [0.5, 0.6) is 0 Å². The van der Waals surface area contributed by atoms with Crippen molar-refractivity contribution >= 4 is 11.9 Å². The quantitative estimate of drug-likeness (QED) is 0.697. The molecule has 5 nitrogen and oxygen atoms in total. The van der Waals surface area contributed by atoms with Gasteiger partial charge in [0.1, 0.15) is 0 Å². The Hall–Kier alpha value is -1.10. The van der Waals surface area contributed by atoms with Crippen LogP contribution in [0.4, 0.5) is 4.79 Å². The Bertz CT molecular complexity index is 297. The molecule has 0 spiro atoms. The van der Waals surface area contributed by atoms with Crippen LogP contribution in [0.2, 0.25) is 0 Å². The second kappa shape index (κ2) is 8.15. The van der Waals surface area contributed by atoms with Gasteiger partial charge in [0, 0.05) is 6.04 Å². The minimum atomic E-state index is -0.390. The third kappa shape index (κ3) is 6.05. The Kier molecular flexibility index (Phi) is 6.84. The van der Waals surface area contributed by atoms with E-state index in [1.165, 1.54) is 37.0 Å². The van der Waals surface area contributed by atoms with Crippen molar-refractivity contribution in [1.29, 1.82) is 0 Å². The smallest absolute Gasteiger partial charge is 0.321 e. The highest BCUT2D eigenvalue weighted by atomic mass is 16.2. The molecular formula is C14H28N3O2+. The fourth-order valence-corrected chi connectivity index (χ4v) is 2.50. The Balaban J connectivity index is 2.43. The Labute approximate surface area is 116 Å². The molecule has 1 fully saturated rings. The summed E-state index contributed by atoms with van der Waals surface area (Å²) in [4.78, 5) is 24.9. The maximum absolute atomic E-state index is 12.0. The van der Waals surface area contributed by atoms with Gasteiger partial charge in [0.25, 0.3) is 5.91 Å². The first-order valence-electron chi connectivity index (χ1n) is 7.46. The first kappa shape index (κ1) is 16.0. The summed E-state index contributed by atoms with van der Waals surface area (Å²) in [6.45, 7) is 7.71. The fraction of sp³-hybridized carbons (Fsp3) is 0.857. The average molecular weight is 270 g/mol. The Morgan fingerprint density at radius 1 is 0.947 bits per heavy atom. The van der Waals surface area contributed by atoms with Crippen LogP contribution in [0.3, 0.4) is 0 Å². The van der Waals surface area contributed by atoms with Crippen molar-refractivity contribution in [2.24, 2.45) is 0 Å². The minimum Gasteiger partial charge on any atom is -0.336 e. The van der Waals surface area contributed by atoms with Gasteiger partial charge in [-0.3, -0.25) is 10.1 Å². The number of nitrogens with one attached hydrogen (secondary N) is 3. The van der Waals surface area contributed by atoms with E-state index in [9.17, 15) is 9.59 Å². The lowest BCUT2D eigenvalue weighted by atomic mass is 10.1. The summed E-state index contributed by atoms with van der Waals surface area (Å²) < 4.78 is 0. The molecule has 0 aromatic heterocycles. The highest BCUT2D eigenvalue weighted by Crippen LogP contribution is 2.03. The van der Waals surface area contributed by atoms with Crippen LogP contribution < -0.4 is 15.5 Å². The van der Waals surface area contributed by atoms with Gasteiger partial charge in [0.15, 0.2) is 6.04 Å². The van der Waals surface area contributed by atoms with Gasteiger partial charge < -0.3 is 10.2 Å². The van der Waals surface area contributed by atoms with Crippen molar-refractivity contribution in [3.05, 3.63) is 0 Å². The van der Waals surface area contributed by atoms with Crippen molar-refractivity contribution < 1.29 is 14.5 Å². The second-order valence-electron chi connectivity index (χ2n) is 5.77. The molecule has 3 amide bonds. The van der Waals surface area contributed by atoms with Gasteiger partial charge in [0.2, 0.25) is 0 Å². The molecule has 1 aliphatic heterocycles. The van der Waals surface area contributed by atoms with Crippen molar-refractivity contribution in [2.45, 2.75) is 65.0 Å². The topological polar surface area (TPSA) is 62.6 Å². The summed E-state index contributed by atoms with van der Waals surface area (Å²) in [7, 11) is 0. The van der Waals surface area contributed by atoms with E-state index in [2.05, 4.69) is 10.6 Å². The molecule has 0 unspecified atom stereocenters. The van der Waals surface area contributed by atoms with Gasteiger partial charge in [-0.1, -0.05) is 6.42 Å². The van der Waals surface area contributed by atoms with E-state index in [1.807, 2.05) is 20.8 Å². The molecule has 19 heavy (non-hydrogen) atoms. The van der Waals surface area contributed by atoms with Crippen molar-refractivity contribution in [3.63, 3.8) is 0 Å². The lowest BCUT2D eigenvalue weighted by molar-refractivity contribution is -0.915. The van der Waals surface area contributed by atoms with Gasteiger partial charge in [-0.25, -0.2) is 4.79 Å². The lowest BCUT2D eigenvalue weighted by Gasteiger charge is -2.26. The zero-order valence-electron chi connectivity index (χ0n) is 12.4. The molecule has 110 valence electrons. The number of carbonyl (C=O) groups excluding carboxylic acids is 2. The number of likely N-dealkylation sites (tertiary alicyclic amines) is 1. The third-order valence-corrected chi connectivity index (χ3v) is 3.66. The van der Waals surface area contributed by atoms with E-state index in [0.717, 1.165) is 13.1 Å². The number of urea groups is 1. The predicted octanol–water partition coefficient (Wildman–Crippen LogP) is 0.458. The zero-order chi connectivity index (χ0) is 14.3. The Morgan fingerprint density at radius 3 is 2.00 bits per heavy atom. The molecular weight excluding hydrogens is 242 g/mol. The molecule has 3 N–H and O–H groups in total. The van der Waals surface area contributed by atoms with E-state index in [0.29, 0.717) is 0 Å². The third-order valence-electron chi connectivity index (χ3n) is 3.66. The fourth-order valence-electron chi connectivity index (χ4n) is 2.50. The number of amides is 3. The molecule has 1 atom stereocenters. The van der Waals surface area contributed by atoms with Crippen molar-refractivity contribution in [1.82, 2.24) is 10.6 Å². The summed E-state index contributed by atoms with van der Waals surface area (Å²) in [5, 5.41) is 5.11. The number of carbonyl (C=O) groups is 2. The molecule has 1 saturated heterocycles. The number of quaternary nitrogens is 1. The molecule has 5 heteroatoms. The van der Waals surface area contributed by atoms with Crippen LogP contribution in [-0.4, -0.2) is 37.1 Å². The summed E-state index contributed by atoms with van der Waals surface area (Å²) in [5.74, 6) is -0.172. The molecule has 0 aromatic carbocycles. The highest BCUT2D eigenvalue weighted by molar-refractivity contribution is 5.96. The average Bonchev–Trinajstić information content (AvgIpc) is 2.26. The molecule has 0 radical (unpaired) electrons. The molecule has 1 aliphatic rings. The zero-order valence-corrected chi connectivity index (χ0v) is 12.4. The van der Waals surface area contributed by atoms with E-state index in [-0.39, 0.29) is 18.0 Å². The Morgan fingerprint density at radius 2 is 1.47 bits per heavy atom. The van der Waals surface area contributed by atoms with Crippen LogP contribution >= 0.6 is 0 Å². The summed E-state index contributed by atoms with van der Waals surface area (Å²) in [5.41, 5.74) is 0. The summed E-state index contributed by atoms with van der Waals surface area (Å²) >= 11 is 0. The number of hydrogen-bond donors (Lipinski definition) is 3. The standard InChI is InChI=1S/C14H27N3O2/c1-11(2)15-14(19)16-13(18)12(3)17-9-7-5-4-6-8-10-17/h11-12H,4-10H2,1-3H3,(H2,15,16,18,19)/p+1/t12-/m1/s1. The maximum Gasteiger partial charge on any atom is 0.321 e. The number of rotatable bonds is 3. The largest absolute Gasteiger partial charge is 0.336 e. The van der Waals surface area contributed by atoms with E-state index >= 15 is 0 Å². The molecule has 0 bridgehead atoms. The first-order valence-corrected chi connectivity index (χ1v) is 7.46. The van der Waals surface area contributed by atoms with Crippen LogP contribution in [0.15, 0.2) is 0 Å². The predicted molar refractivity (Wildman–Crippen MR) is 75.1 cm³/mol. The normalized spacial score (nSPS) is 19.4. The number of hydrogen-bond acceptors (Lipinski definition) is 2. The van der Waals surface area contributed by atoms with Gasteiger partial charge >= 0.3 is 6.03 Å². The molecule has 0 aromatic rings. The molecule has 1 heterocycles. The van der Waals surface area contributed by atoms with E-state index in [1.54, 1.807) is 0 Å². The second-order valence-corrected chi connectivity index (χ2v) is 5.77. The minimum absolute atomic E-state index is 0.0390.